The molecule has 0 saturated carbocycles. The standard InChI is InChI=1S/C26H30ClN3O4S2/c1-34-17-4-5-20-18(15-17)24(19(27)16-28-20)21(31)6-8-26(25(32)29-33)9-12-30(13-10-26)11-7-22(35)23-3-2-14-36-23/h2-5,14-16,21,31,33H,6-13H2,1H3,(H,29,32)/t21-/m1/s1. The molecule has 1 fully saturated rings. The number of piperidine rings is 1. The molecule has 0 unspecified atom stereocenters. The van der Waals surface area contributed by atoms with Crippen molar-refractivity contribution in [1.29, 1.82) is 0 Å². The summed E-state index contributed by atoms with van der Waals surface area (Å²) in [5, 5.41) is 23.8. The van der Waals surface area contributed by atoms with Gasteiger partial charge in [-0.2, -0.15) is 0 Å². The Kier molecular flexibility index (Phi) is 8.92. The average Bonchev–Trinajstić information content (AvgIpc) is 3.45. The number of nitrogens with zero attached hydrogens (tertiary/aromatic N) is 2. The van der Waals surface area contributed by atoms with Crippen molar-refractivity contribution in [3.63, 3.8) is 0 Å². The van der Waals surface area contributed by atoms with E-state index in [0.717, 1.165) is 22.7 Å². The van der Waals surface area contributed by atoms with Crippen molar-refractivity contribution in [3.8, 4) is 5.75 Å². The van der Waals surface area contributed by atoms with Crippen LogP contribution >= 0.6 is 35.2 Å². The Hall–Kier alpha value is -2.14. The van der Waals surface area contributed by atoms with Crippen molar-refractivity contribution in [2.24, 2.45) is 5.41 Å². The van der Waals surface area contributed by atoms with E-state index in [-0.39, 0.29) is 0 Å². The maximum Gasteiger partial charge on any atom is 0.249 e. The van der Waals surface area contributed by atoms with E-state index in [1.165, 1.54) is 6.20 Å². The minimum Gasteiger partial charge on any atom is -0.497 e. The topological polar surface area (TPSA) is 94.9 Å². The van der Waals surface area contributed by atoms with Crippen molar-refractivity contribution in [3.05, 3.63) is 57.4 Å². The second-order valence-corrected chi connectivity index (χ2v) is 11.0. The molecule has 0 radical (unpaired) electrons. The van der Waals surface area contributed by atoms with Crippen molar-refractivity contribution in [1.82, 2.24) is 15.4 Å². The predicted molar refractivity (Wildman–Crippen MR) is 146 cm³/mol. The van der Waals surface area contributed by atoms with Crippen LogP contribution in [0.15, 0.2) is 41.9 Å². The molecule has 0 spiro atoms. The molecule has 1 aromatic carbocycles. The van der Waals surface area contributed by atoms with Gasteiger partial charge < -0.3 is 14.7 Å². The summed E-state index contributed by atoms with van der Waals surface area (Å²) in [6, 6.07) is 9.48. The molecule has 192 valence electrons. The Balaban J connectivity index is 1.43. The predicted octanol–water partition coefficient (Wildman–Crippen LogP) is 5.17. The van der Waals surface area contributed by atoms with Crippen LogP contribution in [0.1, 0.15) is 48.6 Å². The third-order valence-electron chi connectivity index (χ3n) is 7.15. The number of carbonyl (C=O) groups excluding carboxylic acids is 1. The zero-order chi connectivity index (χ0) is 25.7. The van der Waals surface area contributed by atoms with E-state index >= 15 is 0 Å². The lowest BCUT2D eigenvalue weighted by Crippen LogP contribution is -2.48. The van der Waals surface area contributed by atoms with Gasteiger partial charge in [-0.3, -0.25) is 15.0 Å². The molecule has 2 aromatic heterocycles. The highest BCUT2D eigenvalue weighted by molar-refractivity contribution is 7.81. The number of hydroxylamine groups is 1. The summed E-state index contributed by atoms with van der Waals surface area (Å²) in [5.41, 5.74) is 2.37. The van der Waals surface area contributed by atoms with Crippen LogP contribution < -0.4 is 10.2 Å². The summed E-state index contributed by atoms with van der Waals surface area (Å²) in [6.07, 6.45) is 3.31. The Morgan fingerprint density at radius 1 is 1.36 bits per heavy atom. The van der Waals surface area contributed by atoms with Crippen molar-refractivity contribution < 1.29 is 19.8 Å². The fourth-order valence-corrected chi connectivity index (χ4v) is 6.20. The van der Waals surface area contributed by atoms with Crippen LogP contribution in [0.3, 0.4) is 0 Å². The number of aromatic nitrogens is 1. The fourth-order valence-electron chi connectivity index (χ4n) is 4.92. The van der Waals surface area contributed by atoms with Gasteiger partial charge in [0.15, 0.2) is 0 Å². The highest BCUT2D eigenvalue weighted by atomic mass is 35.5. The number of aliphatic hydroxyl groups excluding tert-OH is 1. The first-order chi connectivity index (χ1) is 17.4. The molecule has 0 bridgehead atoms. The van der Waals surface area contributed by atoms with Crippen LogP contribution in [0.4, 0.5) is 0 Å². The molecule has 1 aliphatic heterocycles. The quantitative estimate of drug-likeness (QED) is 0.139. The number of hydrogen-bond acceptors (Lipinski definition) is 8. The molecule has 1 saturated heterocycles. The van der Waals surface area contributed by atoms with Gasteiger partial charge in [-0.05, 0) is 74.8 Å². The van der Waals surface area contributed by atoms with Gasteiger partial charge in [-0.1, -0.05) is 29.9 Å². The molecule has 3 heterocycles. The summed E-state index contributed by atoms with van der Waals surface area (Å²) in [4.78, 5) is 21.5. The number of aliphatic hydroxyl groups is 1. The monoisotopic (exact) mass is 547 g/mol. The number of nitrogens with one attached hydrogen (secondary N) is 1. The van der Waals surface area contributed by atoms with E-state index < -0.39 is 17.4 Å². The van der Waals surface area contributed by atoms with Crippen LogP contribution in [0.2, 0.25) is 5.02 Å². The molecule has 3 aromatic rings. The number of ether oxygens (including phenoxy) is 1. The Labute approximate surface area is 225 Å². The summed E-state index contributed by atoms with van der Waals surface area (Å²) >= 11 is 13.7. The molecule has 4 rings (SSSR count). The van der Waals surface area contributed by atoms with Crippen LogP contribution in [0.5, 0.6) is 5.75 Å². The number of thiocarbonyl (C=S) groups is 1. The van der Waals surface area contributed by atoms with Crippen LogP contribution in [-0.4, -0.2) is 57.7 Å². The van der Waals surface area contributed by atoms with E-state index in [0.29, 0.717) is 66.0 Å². The number of benzene rings is 1. The number of amides is 1. The third-order valence-corrected chi connectivity index (χ3v) is 8.93. The smallest absolute Gasteiger partial charge is 0.249 e. The molecule has 36 heavy (non-hydrogen) atoms. The second-order valence-electron chi connectivity index (χ2n) is 9.17. The second kappa shape index (κ2) is 11.9. The molecule has 7 nitrogen and oxygen atoms in total. The van der Waals surface area contributed by atoms with Crippen molar-refractivity contribution in [2.45, 2.75) is 38.2 Å². The lowest BCUT2D eigenvalue weighted by Gasteiger charge is -2.40. The average molecular weight is 548 g/mol. The van der Waals surface area contributed by atoms with Gasteiger partial charge in [0.25, 0.3) is 0 Å². The first kappa shape index (κ1) is 26.9. The number of halogens is 1. The zero-order valence-corrected chi connectivity index (χ0v) is 22.5. The number of rotatable bonds is 10. The van der Waals surface area contributed by atoms with Crippen molar-refractivity contribution in [2.75, 3.05) is 26.7 Å². The summed E-state index contributed by atoms with van der Waals surface area (Å²) in [7, 11) is 1.58. The van der Waals surface area contributed by atoms with E-state index in [4.69, 9.17) is 28.6 Å². The molecule has 0 aliphatic carbocycles. The first-order valence-corrected chi connectivity index (χ1v) is 13.6. The van der Waals surface area contributed by atoms with Gasteiger partial charge in [0, 0.05) is 33.4 Å². The normalized spacial score (nSPS) is 16.6. The number of likely N-dealkylation sites (tertiary alicyclic amines) is 1. The first-order valence-electron chi connectivity index (χ1n) is 11.9. The molecule has 1 atom stereocenters. The van der Waals surface area contributed by atoms with Gasteiger partial charge in [-0.15, -0.1) is 11.3 Å². The van der Waals surface area contributed by atoms with E-state index in [2.05, 4.69) is 9.88 Å². The number of methoxy groups -OCH3 is 1. The van der Waals surface area contributed by atoms with Crippen LogP contribution in [0, 0.1) is 5.41 Å². The zero-order valence-electron chi connectivity index (χ0n) is 20.1. The molecule has 10 heteroatoms. The highest BCUT2D eigenvalue weighted by Gasteiger charge is 2.41. The van der Waals surface area contributed by atoms with E-state index in [1.54, 1.807) is 24.5 Å². The van der Waals surface area contributed by atoms with Gasteiger partial charge in [0.1, 0.15) is 5.75 Å². The van der Waals surface area contributed by atoms with Crippen LogP contribution in [0.25, 0.3) is 10.9 Å². The lowest BCUT2D eigenvalue weighted by molar-refractivity contribution is -0.143. The van der Waals surface area contributed by atoms with Gasteiger partial charge in [0.2, 0.25) is 5.91 Å². The Morgan fingerprint density at radius 2 is 2.14 bits per heavy atom. The van der Waals surface area contributed by atoms with Gasteiger partial charge in [-0.25, -0.2) is 5.48 Å². The third kappa shape index (κ3) is 5.88. The summed E-state index contributed by atoms with van der Waals surface area (Å²) < 4.78 is 5.33. The maximum atomic E-state index is 12.8. The minimum absolute atomic E-state index is 0.311. The van der Waals surface area contributed by atoms with Gasteiger partial charge >= 0.3 is 0 Å². The Bertz CT molecular complexity index is 1210. The highest BCUT2D eigenvalue weighted by Crippen LogP contribution is 2.41. The SMILES string of the molecule is COc1ccc2ncc(Cl)c([C@H](O)CCC3(C(=O)NO)CCN(CCC(=S)c4cccs4)CC3)c2c1. The fraction of sp³-hybridized carbons (Fsp3) is 0.423. The van der Waals surface area contributed by atoms with Crippen LogP contribution in [-0.2, 0) is 4.79 Å². The number of carbonyl (C=O) groups is 1. The number of fused-ring (bicyclic) bond motifs is 1. The van der Waals surface area contributed by atoms with Gasteiger partial charge in [0.05, 0.1) is 29.2 Å². The molecular weight excluding hydrogens is 518 g/mol. The summed E-state index contributed by atoms with van der Waals surface area (Å²) in [5.74, 6) is 0.234. The largest absolute Gasteiger partial charge is 0.497 e. The molecule has 1 aliphatic rings. The van der Waals surface area contributed by atoms with Crippen molar-refractivity contribution >= 4 is 56.8 Å². The number of thiophene rings is 1. The van der Waals surface area contributed by atoms with E-state index in [1.807, 2.05) is 35.1 Å². The molecule has 1 amide bonds. The minimum atomic E-state index is -0.903. The molecule has 3 N–H and O–H groups in total. The number of pyridine rings is 1. The summed E-state index contributed by atoms with van der Waals surface area (Å²) in [6.45, 7) is 2.26. The lowest BCUT2D eigenvalue weighted by atomic mass is 9.73. The molecular formula is C26H30ClN3O4S2. The maximum absolute atomic E-state index is 12.8. The Morgan fingerprint density at radius 3 is 2.81 bits per heavy atom. The number of hydrogen-bond donors (Lipinski definition) is 3. The van der Waals surface area contributed by atoms with E-state index in [9.17, 15) is 15.1 Å².